The third kappa shape index (κ3) is 4.17. The van der Waals surface area contributed by atoms with Crippen LogP contribution in [0.2, 0.25) is 0 Å². The first-order valence-electron chi connectivity index (χ1n) is 10.5. The van der Waals surface area contributed by atoms with Gasteiger partial charge < -0.3 is 20.3 Å². The molecule has 0 spiro atoms. The van der Waals surface area contributed by atoms with Gasteiger partial charge in [0.1, 0.15) is 0 Å². The highest BCUT2D eigenvalue weighted by atomic mass is 127. The molecule has 2 N–H and O–H groups in total. The van der Waals surface area contributed by atoms with Gasteiger partial charge in [-0.3, -0.25) is 4.99 Å². The van der Waals surface area contributed by atoms with Gasteiger partial charge in [0.05, 0.1) is 6.10 Å². The molecule has 150 valence electrons. The average molecular weight is 476 g/mol. The van der Waals surface area contributed by atoms with Crippen molar-refractivity contribution in [1.82, 2.24) is 15.5 Å². The topological polar surface area (TPSA) is 48.9 Å². The number of piperidine rings is 1. The van der Waals surface area contributed by atoms with E-state index in [-0.39, 0.29) is 29.4 Å². The number of fused-ring (bicyclic) bond motifs is 1. The summed E-state index contributed by atoms with van der Waals surface area (Å²) in [6.45, 7) is 11.1. The molecule has 2 aliphatic carbocycles. The first-order valence-corrected chi connectivity index (χ1v) is 10.5. The number of nitrogens with zero attached hydrogens (tertiary/aromatic N) is 2. The monoisotopic (exact) mass is 476 g/mol. The fraction of sp³-hybridized carbons (Fsp3) is 0.950. The fourth-order valence-corrected chi connectivity index (χ4v) is 5.30. The smallest absolute Gasteiger partial charge is 0.191 e. The molecule has 4 aliphatic rings. The molecule has 26 heavy (non-hydrogen) atoms. The van der Waals surface area contributed by atoms with Crippen LogP contribution in [0.4, 0.5) is 0 Å². The summed E-state index contributed by atoms with van der Waals surface area (Å²) in [6, 6.07) is 1.94. The van der Waals surface area contributed by atoms with E-state index in [1.165, 1.54) is 51.6 Å². The average Bonchev–Trinajstić information content (AvgIpc) is 3.45. The van der Waals surface area contributed by atoms with Crippen LogP contribution >= 0.6 is 24.0 Å². The van der Waals surface area contributed by atoms with Gasteiger partial charge in [-0.25, -0.2) is 0 Å². The fourth-order valence-electron chi connectivity index (χ4n) is 5.30. The van der Waals surface area contributed by atoms with E-state index in [9.17, 15) is 0 Å². The van der Waals surface area contributed by atoms with Crippen molar-refractivity contribution in [3.63, 3.8) is 0 Å². The molecule has 6 heteroatoms. The summed E-state index contributed by atoms with van der Waals surface area (Å²) in [4.78, 5) is 7.43. The Hall–Kier alpha value is -0.0800. The molecule has 2 saturated carbocycles. The maximum Gasteiger partial charge on any atom is 0.191 e. The van der Waals surface area contributed by atoms with Crippen molar-refractivity contribution in [1.29, 1.82) is 0 Å². The molecule has 2 aliphatic heterocycles. The van der Waals surface area contributed by atoms with Crippen LogP contribution in [0.1, 0.15) is 59.3 Å². The number of nitrogens with one attached hydrogen (secondary N) is 2. The van der Waals surface area contributed by atoms with E-state index in [1.54, 1.807) is 0 Å². The van der Waals surface area contributed by atoms with Crippen molar-refractivity contribution in [2.75, 3.05) is 26.2 Å². The van der Waals surface area contributed by atoms with Gasteiger partial charge in [0.2, 0.25) is 0 Å². The highest BCUT2D eigenvalue weighted by Gasteiger charge is 2.58. The van der Waals surface area contributed by atoms with E-state index in [0.29, 0.717) is 24.1 Å². The van der Waals surface area contributed by atoms with Crippen molar-refractivity contribution >= 4 is 29.9 Å². The number of guanidine groups is 1. The largest absolute Gasteiger partial charge is 0.377 e. The van der Waals surface area contributed by atoms with Gasteiger partial charge in [0, 0.05) is 55.7 Å². The number of hydrogen-bond acceptors (Lipinski definition) is 3. The normalized spacial score (nSPS) is 35.0. The highest BCUT2D eigenvalue weighted by molar-refractivity contribution is 14.0. The number of rotatable bonds is 4. The molecule has 4 fully saturated rings. The Morgan fingerprint density at radius 1 is 1.12 bits per heavy atom. The van der Waals surface area contributed by atoms with E-state index in [1.807, 2.05) is 0 Å². The third-order valence-electron chi connectivity index (χ3n) is 6.87. The molecule has 0 bridgehead atoms. The zero-order valence-electron chi connectivity index (χ0n) is 16.7. The lowest BCUT2D eigenvalue weighted by molar-refractivity contribution is -0.188. The van der Waals surface area contributed by atoms with Crippen LogP contribution in [-0.4, -0.2) is 61.3 Å². The molecule has 0 amide bonds. The lowest BCUT2D eigenvalue weighted by Gasteiger charge is -2.60. The van der Waals surface area contributed by atoms with Crippen LogP contribution in [-0.2, 0) is 4.74 Å². The van der Waals surface area contributed by atoms with Gasteiger partial charge in [-0.15, -0.1) is 24.0 Å². The molecule has 5 nitrogen and oxygen atoms in total. The Labute approximate surface area is 176 Å². The van der Waals surface area contributed by atoms with Gasteiger partial charge in [-0.05, 0) is 45.4 Å². The first kappa shape index (κ1) is 20.6. The minimum atomic E-state index is 0. The summed E-state index contributed by atoms with van der Waals surface area (Å²) in [5.41, 5.74) is 0.191. The number of likely N-dealkylation sites (tertiary alicyclic amines) is 1. The van der Waals surface area contributed by atoms with Gasteiger partial charge in [-0.2, -0.15) is 0 Å². The lowest BCUT2D eigenvalue weighted by atomic mass is 9.55. The van der Waals surface area contributed by atoms with Crippen molar-refractivity contribution in [3.8, 4) is 0 Å². The van der Waals surface area contributed by atoms with Crippen LogP contribution in [0, 0.1) is 11.3 Å². The Balaban J connectivity index is 0.00000196. The molecular formula is C20H37IN4O. The highest BCUT2D eigenvalue weighted by Crippen LogP contribution is 2.51. The van der Waals surface area contributed by atoms with Crippen LogP contribution in [0.15, 0.2) is 4.99 Å². The molecule has 2 saturated heterocycles. The Bertz CT molecular complexity index is 500. The van der Waals surface area contributed by atoms with Gasteiger partial charge in [0.15, 0.2) is 5.96 Å². The van der Waals surface area contributed by atoms with E-state index >= 15 is 0 Å². The Morgan fingerprint density at radius 3 is 2.50 bits per heavy atom. The molecule has 0 aromatic heterocycles. The first-order chi connectivity index (χ1) is 12.1. The zero-order valence-corrected chi connectivity index (χ0v) is 19.0. The predicted octanol–water partition coefficient (Wildman–Crippen LogP) is 2.99. The molecule has 3 unspecified atom stereocenters. The SMILES string of the molecule is CCN=C(NC1CCN(C2CC2)CC1)NC1C2CCCOC2C1(C)C.I. The lowest BCUT2D eigenvalue weighted by Crippen LogP contribution is -2.71. The van der Waals surface area contributed by atoms with E-state index in [2.05, 4.69) is 36.3 Å². The van der Waals surface area contributed by atoms with E-state index in [4.69, 9.17) is 9.73 Å². The second-order valence-corrected chi connectivity index (χ2v) is 9.05. The van der Waals surface area contributed by atoms with Crippen LogP contribution in [0.3, 0.4) is 0 Å². The molecule has 2 heterocycles. The zero-order chi connectivity index (χ0) is 17.4. The van der Waals surface area contributed by atoms with E-state index < -0.39 is 0 Å². The Morgan fingerprint density at radius 2 is 1.85 bits per heavy atom. The minimum Gasteiger partial charge on any atom is -0.377 e. The maximum atomic E-state index is 6.05. The quantitative estimate of drug-likeness (QED) is 0.372. The maximum absolute atomic E-state index is 6.05. The summed E-state index contributed by atoms with van der Waals surface area (Å²) in [7, 11) is 0. The molecule has 3 atom stereocenters. The molecule has 0 aromatic carbocycles. The van der Waals surface area contributed by atoms with Crippen molar-refractivity contribution < 1.29 is 4.74 Å². The number of aliphatic imine (C=N–C) groups is 1. The van der Waals surface area contributed by atoms with Crippen LogP contribution in [0.5, 0.6) is 0 Å². The van der Waals surface area contributed by atoms with Gasteiger partial charge in [-0.1, -0.05) is 13.8 Å². The minimum absolute atomic E-state index is 0. The van der Waals surface area contributed by atoms with Crippen molar-refractivity contribution in [3.05, 3.63) is 0 Å². The number of hydrogen-bond donors (Lipinski definition) is 2. The number of halogens is 1. The summed E-state index contributed by atoms with van der Waals surface area (Å²) in [5, 5.41) is 7.52. The van der Waals surface area contributed by atoms with Crippen LogP contribution < -0.4 is 10.6 Å². The summed E-state index contributed by atoms with van der Waals surface area (Å²) >= 11 is 0. The summed E-state index contributed by atoms with van der Waals surface area (Å²) in [5.74, 6) is 1.67. The van der Waals surface area contributed by atoms with Crippen LogP contribution in [0.25, 0.3) is 0 Å². The standard InChI is InChI=1S/C20H36N4O.HI/c1-4-21-19(22-14-9-11-24(12-10-14)15-7-8-15)23-17-16-6-5-13-25-18(16)20(17,2)3;/h14-18H,4-13H2,1-3H3,(H2,21,22,23);1H. The molecule has 0 radical (unpaired) electrons. The Kier molecular flexibility index (Phi) is 6.76. The van der Waals surface area contributed by atoms with Gasteiger partial charge >= 0.3 is 0 Å². The molecule has 0 aromatic rings. The van der Waals surface area contributed by atoms with Crippen molar-refractivity contribution in [2.45, 2.75) is 83.5 Å². The molecule has 4 rings (SSSR count). The predicted molar refractivity (Wildman–Crippen MR) is 117 cm³/mol. The molecular weight excluding hydrogens is 439 g/mol. The summed E-state index contributed by atoms with van der Waals surface area (Å²) < 4.78 is 6.05. The second kappa shape index (κ2) is 8.52. The van der Waals surface area contributed by atoms with Gasteiger partial charge in [0.25, 0.3) is 0 Å². The number of ether oxygens (including phenoxy) is 1. The summed E-state index contributed by atoms with van der Waals surface area (Å²) in [6.07, 6.45) is 8.22. The van der Waals surface area contributed by atoms with Crippen molar-refractivity contribution in [2.24, 2.45) is 16.3 Å². The second-order valence-electron chi connectivity index (χ2n) is 9.05. The third-order valence-corrected chi connectivity index (χ3v) is 6.87. The van der Waals surface area contributed by atoms with E-state index in [0.717, 1.165) is 25.2 Å².